The van der Waals surface area contributed by atoms with Crippen LogP contribution in [0.4, 0.5) is 0 Å². The Morgan fingerprint density at radius 1 is 1.17 bits per heavy atom. The van der Waals surface area contributed by atoms with Crippen molar-refractivity contribution in [3.05, 3.63) is 59.1 Å². The number of hydrogen-bond acceptors (Lipinski definition) is 3. The minimum Gasteiger partial charge on any atom is -0.496 e. The number of ether oxygens (including phenoxy) is 2. The van der Waals surface area contributed by atoms with Crippen molar-refractivity contribution in [2.24, 2.45) is 0 Å². The van der Waals surface area contributed by atoms with Crippen LogP contribution in [0.5, 0.6) is 11.5 Å². The molecular weight excluding hydrogens is 314 g/mol. The van der Waals surface area contributed by atoms with Gasteiger partial charge in [0.05, 0.1) is 12.6 Å². The zero-order chi connectivity index (χ0) is 16.3. The molecule has 0 aromatic heterocycles. The first-order chi connectivity index (χ1) is 11.1. The standard InChI is InChI=1S/C18H18ClNO3/c1-22-16-5-3-2-4-15(16)18(10-11-18)20-17(21)12-23-14-8-6-13(19)7-9-14/h2-9H,10-12H2,1H3,(H,20,21). The maximum Gasteiger partial charge on any atom is 0.258 e. The summed E-state index contributed by atoms with van der Waals surface area (Å²) in [4.78, 5) is 12.2. The van der Waals surface area contributed by atoms with Crippen molar-refractivity contribution in [1.29, 1.82) is 0 Å². The molecule has 0 heterocycles. The van der Waals surface area contributed by atoms with Gasteiger partial charge in [-0.15, -0.1) is 0 Å². The molecule has 4 nitrogen and oxygen atoms in total. The van der Waals surface area contributed by atoms with Gasteiger partial charge in [0, 0.05) is 10.6 Å². The average molecular weight is 332 g/mol. The highest BCUT2D eigenvalue weighted by atomic mass is 35.5. The van der Waals surface area contributed by atoms with E-state index in [0.29, 0.717) is 10.8 Å². The highest BCUT2D eigenvalue weighted by Gasteiger charge is 2.47. The third-order valence-electron chi connectivity index (χ3n) is 3.93. The van der Waals surface area contributed by atoms with E-state index in [1.807, 2.05) is 24.3 Å². The van der Waals surface area contributed by atoms with Gasteiger partial charge in [0.25, 0.3) is 5.91 Å². The number of nitrogens with one attached hydrogen (secondary N) is 1. The quantitative estimate of drug-likeness (QED) is 0.880. The lowest BCUT2D eigenvalue weighted by Gasteiger charge is -2.20. The van der Waals surface area contributed by atoms with Crippen LogP contribution in [0.2, 0.25) is 5.02 Å². The predicted octanol–water partition coefficient (Wildman–Crippen LogP) is 3.53. The highest BCUT2D eigenvalue weighted by molar-refractivity contribution is 6.30. The van der Waals surface area contributed by atoms with E-state index in [1.165, 1.54) is 0 Å². The first-order valence-electron chi connectivity index (χ1n) is 7.46. The van der Waals surface area contributed by atoms with E-state index in [9.17, 15) is 4.79 Å². The van der Waals surface area contributed by atoms with Crippen LogP contribution in [-0.4, -0.2) is 19.6 Å². The second-order valence-corrected chi connectivity index (χ2v) is 6.01. The van der Waals surface area contributed by atoms with Gasteiger partial charge in [-0.25, -0.2) is 0 Å². The molecule has 0 saturated heterocycles. The summed E-state index contributed by atoms with van der Waals surface area (Å²) in [6.07, 6.45) is 1.81. The van der Waals surface area contributed by atoms with Crippen LogP contribution in [0.25, 0.3) is 0 Å². The Labute approximate surface area is 140 Å². The molecule has 0 unspecified atom stereocenters. The topological polar surface area (TPSA) is 47.6 Å². The van der Waals surface area contributed by atoms with Gasteiger partial charge in [0.2, 0.25) is 0 Å². The molecule has 0 radical (unpaired) electrons. The second-order valence-electron chi connectivity index (χ2n) is 5.57. The van der Waals surface area contributed by atoms with E-state index in [-0.39, 0.29) is 18.1 Å². The molecule has 1 aliphatic rings. The molecule has 2 aromatic rings. The maximum atomic E-state index is 12.2. The molecule has 1 saturated carbocycles. The lowest BCUT2D eigenvalue weighted by atomic mass is 10.0. The zero-order valence-electron chi connectivity index (χ0n) is 12.8. The Hall–Kier alpha value is -2.20. The molecule has 0 spiro atoms. The number of carbonyl (C=O) groups excluding carboxylic acids is 1. The Bertz CT molecular complexity index is 696. The Kier molecular flexibility index (Phi) is 4.44. The van der Waals surface area contributed by atoms with Crippen molar-refractivity contribution < 1.29 is 14.3 Å². The van der Waals surface area contributed by atoms with Crippen molar-refractivity contribution in [3.8, 4) is 11.5 Å². The van der Waals surface area contributed by atoms with Crippen molar-refractivity contribution in [2.75, 3.05) is 13.7 Å². The fourth-order valence-electron chi connectivity index (χ4n) is 2.61. The van der Waals surface area contributed by atoms with Crippen LogP contribution in [0.3, 0.4) is 0 Å². The molecule has 0 aliphatic heterocycles. The Balaban J connectivity index is 1.62. The first-order valence-corrected chi connectivity index (χ1v) is 7.84. The summed E-state index contributed by atoms with van der Waals surface area (Å²) in [6.45, 7) is -0.0292. The number of carbonyl (C=O) groups is 1. The number of benzene rings is 2. The molecule has 1 aliphatic carbocycles. The molecule has 2 aromatic carbocycles. The fourth-order valence-corrected chi connectivity index (χ4v) is 2.74. The largest absolute Gasteiger partial charge is 0.496 e. The number of rotatable bonds is 6. The maximum absolute atomic E-state index is 12.2. The van der Waals surface area contributed by atoms with Crippen molar-refractivity contribution in [3.63, 3.8) is 0 Å². The summed E-state index contributed by atoms with van der Waals surface area (Å²) in [5.41, 5.74) is 0.690. The Morgan fingerprint density at radius 3 is 2.52 bits per heavy atom. The minimum atomic E-state index is -0.326. The molecule has 0 atom stereocenters. The van der Waals surface area contributed by atoms with Crippen LogP contribution in [0.1, 0.15) is 18.4 Å². The number of methoxy groups -OCH3 is 1. The number of para-hydroxylation sites is 1. The van der Waals surface area contributed by atoms with Gasteiger partial charge >= 0.3 is 0 Å². The molecule has 23 heavy (non-hydrogen) atoms. The van der Waals surface area contributed by atoms with Crippen molar-refractivity contribution >= 4 is 17.5 Å². The van der Waals surface area contributed by atoms with Crippen LogP contribution >= 0.6 is 11.6 Å². The fraction of sp³-hybridized carbons (Fsp3) is 0.278. The van der Waals surface area contributed by atoms with Gasteiger partial charge in [-0.05, 0) is 43.2 Å². The van der Waals surface area contributed by atoms with E-state index in [4.69, 9.17) is 21.1 Å². The minimum absolute atomic E-state index is 0.0292. The SMILES string of the molecule is COc1ccccc1C1(NC(=O)COc2ccc(Cl)cc2)CC1. The lowest BCUT2D eigenvalue weighted by molar-refractivity contribution is -0.124. The number of amides is 1. The molecule has 0 bridgehead atoms. The smallest absolute Gasteiger partial charge is 0.258 e. The normalized spacial score (nSPS) is 14.9. The van der Waals surface area contributed by atoms with E-state index < -0.39 is 0 Å². The monoisotopic (exact) mass is 331 g/mol. The third-order valence-corrected chi connectivity index (χ3v) is 4.19. The second kappa shape index (κ2) is 6.50. The molecule has 1 amide bonds. The average Bonchev–Trinajstić information content (AvgIpc) is 3.35. The summed E-state index contributed by atoms with van der Waals surface area (Å²) in [7, 11) is 1.64. The highest BCUT2D eigenvalue weighted by Crippen LogP contribution is 2.48. The van der Waals surface area contributed by atoms with E-state index in [2.05, 4.69) is 5.32 Å². The van der Waals surface area contributed by atoms with Crippen LogP contribution in [-0.2, 0) is 10.3 Å². The summed E-state index contributed by atoms with van der Waals surface area (Å²) < 4.78 is 10.9. The van der Waals surface area contributed by atoms with Crippen molar-refractivity contribution in [2.45, 2.75) is 18.4 Å². The van der Waals surface area contributed by atoms with E-state index in [0.717, 1.165) is 24.2 Å². The number of hydrogen-bond donors (Lipinski definition) is 1. The third kappa shape index (κ3) is 3.59. The summed E-state index contributed by atoms with van der Waals surface area (Å²) >= 11 is 5.82. The Morgan fingerprint density at radius 2 is 1.87 bits per heavy atom. The summed E-state index contributed by atoms with van der Waals surface area (Å²) in [5, 5.41) is 3.70. The van der Waals surface area contributed by atoms with Crippen LogP contribution < -0.4 is 14.8 Å². The van der Waals surface area contributed by atoms with Gasteiger partial charge in [-0.1, -0.05) is 29.8 Å². The van der Waals surface area contributed by atoms with Gasteiger partial charge in [-0.2, -0.15) is 0 Å². The van der Waals surface area contributed by atoms with Gasteiger partial charge in [0.1, 0.15) is 11.5 Å². The van der Waals surface area contributed by atoms with Gasteiger partial charge in [0.15, 0.2) is 6.61 Å². The van der Waals surface area contributed by atoms with Gasteiger partial charge < -0.3 is 14.8 Å². The molecule has 1 N–H and O–H groups in total. The predicted molar refractivity (Wildman–Crippen MR) is 89.0 cm³/mol. The molecule has 120 valence electrons. The molecular formula is C18H18ClNO3. The molecule has 1 fully saturated rings. The van der Waals surface area contributed by atoms with E-state index in [1.54, 1.807) is 31.4 Å². The van der Waals surface area contributed by atoms with Crippen molar-refractivity contribution in [1.82, 2.24) is 5.32 Å². The van der Waals surface area contributed by atoms with Crippen LogP contribution in [0, 0.1) is 0 Å². The summed E-state index contributed by atoms with van der Waals surface area (Å²) in [5.74, 6) is 1.26. The van der Waals surface area contributed by atoms with Crippen LogP contribution in [0.15, 0.2) is 48.5 Å². The molecule has 5 heteroatoms. The number of halogens is 1. The summed E-state index contributed by atoms with van der Waals surface area (Å²) in [6, 6.07) is 14.7. The lowest BCUT2D eigenvalue weighted by Crippen LogP contribution is -2.38. The first kappa shape index (κ1) is 15.7. The molecule has 3 rings (SSSR count). The van der Waals surface area contributed by atoms with E-state index >= 15 is 0 Å². The van der Waals surface area contributed by atoms with Gasteiger partial charge in [-0.3, -0.25) is 4.79 Å². The zero-order valence-corrected chi connectivity index (χ0v) is 13.6.